The largest absolute Gasteiger partial charge is 0.490 e. The highest BCUT2D eigenvalue weighted by molar-refractivity contribution is 6.13. The molecule has 172 valence electrons. The molecule has 3 aromatic carbocycles. The molecule has 1 aliphatic heterocycles. The summed E-state index contributed by atoms with van der Waals surface area (Å²) in [4.78, 5) is 27.5. The molecule has 0 unspecified atom stereocenters. The number of hydrogen-bond acceptors (Lipinski definition) is 7. The van der Waals surface area contributed by atoms with E-state index in [1.165, 1.54) is 12.1 Å². The number of rotatable bonds is 8. The number of nitro benzene ring substituents is 1. The predicted molar refractivity (Wildman–Crippen MR) is 127 cm³/mol. The number of aliphatic imine (C=N–C) groups is 1. The maximum atomic E-state index is 12.4. The lowest BCUT2D eigenvalue weighted by Crippen LogP contribution is -2.08. The average Bonchev–Trinajstić information content (AvgIpc) is 3.19. The van der Waals surface area contributed by atoms with Gasteiger partial charge in [0, 0.05) is 17.2 Å². The molecule has 0 atom stereocenters. The third-order valence-electron chi connectivity index (χ3n) is 5.16. The summed E-state index contributed by atoms with van der Waals surface area (Å²) in [7, 11) is 0. The first-order valence-electron chi connectivity index (χ1n) is 10.7. The van der Waals surface area contributed by atoms with Crippen molar-refractivity contribution in [2.45, 2.75) is 20.5 Å². The van der Waals surface area contributed by atoms with E-state index in [1.807, 2.05) is 37.3 Å². The number of cyclic esters (lactones) is 1. The Morgan fingerprint density at radius 1 is 1.03 bits per heavy atom. The molecule has 0 amide bonds. The van der Waals surface area contributed by atoms with Gasteiger partial charge in [-0.3, -0.25) is 10.1 Å². The number of benzene rings is 3. The second-order valence-corrected chi connectivity index (χ2v) is 7.46. The molecular formula is C26H22N2O6. The van der Waals surface area contributed by atoms with Crippen LogP contribution in [0.1, 0.15) is 29.2 Å². The number of carbonyl (C=O) groups excluding carboxylic acids is 1. The fourth-order valence-electron chi connectivity index (χ4n) is 3.47. The fraction of sp³-hybridized carbons (Fsp3) is 0.154. The van der Waals surface area contributed by atoms with Gasteiger partial charge in [-0.25, -0.2) is 9.79 Å². The Morgan fingerprint density at radius 3 is 2.56 bits per heavy atom. The summed E-state index contributed by atoms with van der Waals surface area (Å²) < 4.78 is 17.0. The van der Waals surface area contributed by atoms with Crippen LogP contribution in [0.3, 0.4) is 0 Å². The van der Waals surface area contributed by atoms with E-state index in [2.05, 4.69) is 4.99 Å². The van der Waals surface area contributed by atoms with E-state index in [0.29, 0.717) is 41.4 Å². The molecule has 0 N–H and O–H groups in total. The maximum absolute atomic E-state index is 12.4. The van der Waals surface area contributed by atoms with Gasteiger partial charge in [-0.1, -0.05) is 42.5 Å². The van der Waals surface area contributed by atoms with Gasteiger partial charge in [0.05, 0.1) is 11.5 Å². The SMILES string of the molecule is CCOc1cc(/C=C2\N=C(c3cccc([N+](=O)[O-])c3C)OC2=O)ccc1OCc1ccccc1. The summed E-state index contributed by atoms with van der Waals surface area (Å²) in [6, 6.07) is 19.7. The van der Waals surface area contributed by atoms with E-state index in [0.717, 1.165) is 5.56 Å². The van der Waals surface area contributed by atoms with Crippen LogP contribution in [-0.4, -0.2) is 23.4 Å². The highest BCUT2D eigenvalue weighted by Crippen LogP contribution is 2.31. The van der Waals surface area contributed by atoms with Crippen molar-refractivity contribution in [1.82, 2.24) is 0 Å². The lowest BCUT2D eigenvalue weighted by molar-refractivity contribution is -0.385. The highest BCUT2D eigenvalue weighted by atomic mass is 16.6. The summed E-state index contributed by atoms with van der Waals surface area (Å²) in [6.07, 6.45) is 1.57. The molecule has 8 heteroatoms. The van der Waals surface area contributed by atoms with Gasteiger partial charge in [0.15, 0.2) is 17.2 Å². The van der Waals surface area contributed by atoms with Gasteiger partial charge >= 0.3 is 5.97 Å². The van der Waals surface area contributed by atoms with Crippen LogP contribution >= 0.6 is 0 Å². The molecule has 0 aromatic heterocycles. The van der Waals surface area contributed by atoms with Crippen molar-refractivity contribution in [1.29, 1.82) is 0 Å². The molecule has 0 fully saturated rings. The zero-order chi connectivity index (χ0) is 24.1. The zero-order valence-corrected chi connectivity index (χ0v) is 18.7. The molecule has 34 heavy (non-hydrogen) atoms. The van der Waals surface area contributed by atoms with Crippen molar-refractivity contribution in [2.24, 2.45) is 4.99 Å². The Morgan fingerprint density at radius 2 is 1.82 bits per heavy atom. The van der Waals surface area contributed by atoms with Crippen molar-refractivity contribution in [3.8, 4) is 11.5 Å². The van der Waals surface area contributed by atoms with Crippen LogP contribution < -0.4 is 9.47 Å². The van der Waals surface area contributed by atoms with Crippen LogP contribution in [0.15, 0.2) is 77.4 Å². The fourth-order valence-corrected chi connectivity index (χ4v) is 3.47. The molecule has 8 nitrogen and oxygen atoms in total. The van der Waals surface area contributed by atoms with Gasteiger partial charge in [-0.05, 0) is 49.2 Å². The van der Waals surface area contributed by atoms with Crippen molar-refractivity contribution in [3.63, 3.8) is 0 Å². The normalized spacial score (nSPS) is 14.0. The number of nitro groups is 1. The first-order chi connectivity index (χ1) is 16.5. The Balaban J connectivity index is 1.60. The van der Waals surface area contributed by atoms with E-state index >= 15 is 0 Å². The standard InChI is InChI=1S/C26H22N2O6/c1-3-32-24-15-19(12-13-23(24)33-16-18-8-5-4-6-9-18)14-21-26(29)34-25(27-21)20-10-7-11-22(17(20)2)28(30)31/h4-15H,3,16H2,1-2H3/b21-14-. The molecule has 1 aliphatic rings. The van der Waals surface area contributed by atoms with Gasteiger partial charge in [0.1, 0.15) is 6.61 Å². The van der Waals surface area contributed by atoms with Crippen LogP contribution in [0.4, 0.5) is 5.69 Å². The number of esters is 1. The molecule has 0 saturated carbocycles. The molecule has 0 saturated heterocycles. The lowest BCUT2D eigenvalue weighted by Gasteiger charge is -2.12. The first kappa shape index (κ1) is 22.7. The Hall–Kier alpha value is -4.46. The minimum atomic E-state index is -0.636. The lowest BCUT2D eigenvalue weighted by atomic mass is 10.1. The van der Waals surface area contributed by atoms with Crippen molar-refractivity contribution >= 4 is 23.6 Å². The minimum absolute atomic E-state index is 0.0327. The van der Waals surface area contributed by atoms with Gasteiger partial charge in [0.25, 0.3) is 5.69 Å². The Bertz CT molecular complexity index is 1300. The van der Waals surface area contributed by atoms with Gasteiger partial charge in [-0.15, -0.1) is 0 Å². The van der Waals surface area contributed by atoms with Gasteiger partial charge < -0.3 is 14.2 Å². The average molecular weight is 458 g/mol. The third-order valence-corrected chi connectivity index (χ3v) is 5.16. The zero-order valence-electron chi connectivity index (χ0n) is 18.7. The minimum Gasteiger partial charge on any atom is -0.490 e. The van der Waals surface area contributed by atoms with E-state index in [-0.39, 0.29) is 17.3 Å². The van der Waals surface area contributed by atoms with E-state index in [9.17, 15) is 14.9 Å². The van der Waals surface area contributed by atoms with Crippen molar-refractivity contribution < 1.29 is 23.9 Å². The second kappa shape index (κ2) is 9.99. The van der Waals surface area contributed by atoms with Crippen molar-refractivity contribution in [2.75, 3.05) is 6.61 Å². The number of hydrogen-bond donors (Lipinski definition) is 0. The van der Waals surface area contributed by atoms with Crippen LogP contribution in [0.25, 0.3) is 6.08 Å². The topological polar surface area (TPSA) is 100 Å². The molecule has 0 bridgehead atoms. The number of nitrogens with zero attached hydrogens (tertiary/aromatic N) is 2. The summed E-state index contributed by atoms with van der Waals surface area (Å²) in [5, 5.41) is 11.2. The molecule has 0 radical (unpaired) electrons. The number of carbonyl (C=O) groups is 1. The Labute approximate surface area is 196 Å². The van der Waals surface area contributed by atoms with Gasteiger partial charge in [0.2, 0.25) is 5.90 Å². The smallest absolute Gasteiger partial charge is 0.363 e. The van der Waals surface area contributed by atoms with Crippen LogP contribution in [-0.2, 0) is 16.1 Å². The molecule has 1 heterocycles. The van der Waals surface area contributed by atoms with E-state index in [4.69, 9.17) is 14.2 Å². The first-order valence-corrected chi connectivity index (χ1v) is 10.7. The molecule has 4 rings (SSSR count). The molecule has 0 aliphatic carbocycles. The molecular weight excluding hydrogens is 436 g/mol. The summed E-state index contributed by atoms with van der Waals surface area (Å²) in [5.41, 5.74) is 2.48. The summed E-state index contributed by atoms with van der Waals surface area (Å²) >= 11 is 0. The highest BCUT2D eigenvalue weighted by Gasteiger charge is 2.27. The van der Waals surface area contributed by atoms with Crippen molar-refractivity contribution in [3.05, 3.63) is 105 Å². The molecule has 0 spiro atoms. The van der Waals surface area contributed by atoms with Crippen LogP contribution in [0.2, 0.25) is 0 Å². The summed E-state index contributed by atoms with van der Waals surface area (Å²) in [5.74, 6) is 0.518. The number of ether oxygens (including phenoxy) is 3. The second-order valence-electron chi connectivity index (χ2n) is 7.46. The van der Waals surface area contributed by atoms with E-state index in [1.54, 1.807) is 37.3 Å². The van der Waals surface area contributed by atoms with Gasteiger partial charge in [-0.2, -0.15) is 0 Å². The monoisotopic (exact) mass is 458 g/mol. The predicted octanol–water partition coefficient (Wildman–Crippen LogP) is 5.23. The van der Waals surface area contributed by atoms with Crippen LogP contribution in [0, 0.1) is 17.0 Å². The maximum Gasteiger partial charge on any atom is 0.363 e. The van der Waals surface area contributed by atoms with Crippen LogP contribution in [0.5, 0.6) is 11.5 Å². The van der Waals surface area contributed by atoms with E-state index < -0.39 is 10.9 Å². The Kier molecular flexibility index (Phi) is 6.68. The quantitative estimate of drug-likeness (QED) is 0.198. The third kappa shape index (κ3) is 4.96. The molecule has 3 aromatic rings. The summed E-state index contributed by atoms with van der Waals surface area (Å²) in [6.45, 7) is 4.30.